The molecule has 0 bridgehead atoms. The van der Waals surface area contributed by atoms with E-state index in [0.717, 1.165) is 22.6 Å². The fourth-order valence-corrected chi connectivity index (χ4v) is 4.28. The fourth-order valence-electron chi connectivity index (χ4n) is 3.39. The minimum absolute atomic E-state index is 0.0850. The number of carbonyl (C=O) groups is 1. The number of nitrogens with one attached hydrogen (secondary N) is 1. The molecule has 4 aromatic rings. The highest BCUT2D eigenvalue weighted by molar-refractivity contribution is 8.00. The molecule has 9 nitrogen and oxygen atoms in total. The zero-order valence-corrected chi connectivity index (χ0v) is 20.9. The number of para-hydroxylation sites is 1. The maximum absolute atomic E-state index is 13.0. The van der Waals surface area contributed by atoms with E-state index in [2.05, 4.69) is 15.5 Å². The minimum atomic E-state index is -0.554. The number of hydrogen-bond donors (Lipinski definition) is 1. The maximum atomic E-state index is 13.0. The number of carbonyl (C=O) groups excluding carboxylic acids is 1. The number of hydrogen-bond acceptors (Lipinski definition) is 7. The number of nitro benzene ring substituents is 1. The first-order chi connectivity index (χ1) is 17.3. The van der Waals surface area contributed by atoms with E-state index in [1.165, 1.54) is 23.9 Å². The smallest absolute Gasteiger partial charge is 0.271 e. The van der Waals surface area contributed by atoms with E-state index in [0.29, 0.717) is 16.7 Å². The van der Waals surface area contributed by atoms with Crippen LogP contribution in [0.25, 0.3) is 5.69 Å². The number of aryl methyl sites for hydroxylation is 2. The summed E-state index contributed by atoms with van der Waals surface area (Å²) < 4.78 is 7.79. The highest BCUT2D eigenvalue weighted by Crippen LogP contribution is 2.28. The van der Waals surface area contributed by atoms with Gasteiger partial charge in [0.2, 0.25) is 5.91 Å². The van der Waals surface area contributed by atoms with Crippen LogP contribution in [0.1, 0.15) is 23.9 Å². The molecule has 1 unspecified atom stereocenters. The standard InChI is InChI=1S/C26H25N5O4S/c1-17-9-13-22(14-10-17)35-16-24-28-29-26(30(24)20-7-5-4-6-8-20)36-19(3)25(32)27-23-15-21(31(33)34)12-11-18(23)2/h4-15,19H,16H2,1-3H3,(H,27,32). The van der Waals surface area contributed by atoms with Gasteiger partial charge in [-0.1, -0.05) is 53.7 Å². The number of nitrogens with zero attached hydrogens (tertiary/aromatic N) is 4. The molecule has 0 radical (unpaired) electrons. The van der Waals surface area contributed by atoms with Gasteiger partial charge < -0.3 is 10.1 Å². The summed E-state index contributed by atoms with van der Waals surface area (Å²) in [6, 6.07) is 21.7. The van der Waals surface area contributed by atoms with Crippen LogP contribution >= 0.6 is 11.8 Å². The Morgan fingerprint density at radius 3 is 2.50 bits per heavy atom. The fraction of sp³-hybridized carbons (Fsp3) is 0.192. The van der Waals surface area contributed by atoms with Crippen molar-refractivity contribution in [1.82, 2.24) is 14.8 Å². The van der Waals surface area contributed by atoms with Crippen LogP contribution in [0.3, 0.4) is 0 Å². The third-order valence-electron chi connectivity index (χ3n) is 5.44. The monoisotopic (exact) mass is 503 g/mol. The van der Waals surface area contributed by atoms with Crippen LogP contribution in [0, 0.1) is 24.0 Å². The average molecular weight is 504 g/mol. The molecular weight excluding hydrogens is 478 g/mol. The first kappa shape index (κ1) is 24.9. The van der Waals surface area contributed by atoms with Crippen LogP contribution in [0.4, 0.5) is 11.4 Å². The average Bonchev–Trinajstić information content (AvgIpc) is 3.27. The zero-order valence-electron chi connectivity index (χ0n) is 20.0. The first-order valence-corrected chi connectivity index (χ1v) is 12.1. The summed E-state index contributed by atoms with van der Waals surface area (Å²) in [4.78, 5) is 23.6. The number of aromatic nitrogens is 3. The molecule has 36 heavy (non-hydrogen) atoms. The van der Waals surface area contributed by atoms with E-state index in [9.17, 15) is 14.9 Å². The van der Waals surface area contributed by atoms with Crippen LogP contribution in [0.5, 0.6) is 5.75 Å². The second kappa shape index (κ2) is 11.0. The molecule has 1 N–H and O–H groups in total. The van der Waals surface area contributed by atoms with Crippen molar-refractivity contribution < 1.29 is 14.5 Å². The third kappa shape index (κ3) is 5.89. The van der Waals surface area contributed by atoms with Gasteiger partial charge in [-0.05, 0) is 50.6 Å². The van der Waals surface area contributed by atoms with Crippen LogP contribution in [-0.2, 0) is 11.4 Å². The van der Waals surface area contributed by atoms with Crippen molar-refractivity contribution in [3.8, 4) is 11.4 Å². The summed E-state index contributed by atoms with van der Waals surface area (Å²) in [6.45, 7) is 5.73. The second-order valence-electron chi connectivity index (χ2n) is 8.18. The molecule has 0 aliphatic carbocycles. The number of benzene rings is 3. The molecular formula is C26H25N5O4S. The van der Waals surface area contributed by atoms with Crippen LogP contribution < -0.4 is 10.1 Å². The Kier molecular flexibility index (Phi) is 7.65. The Morgan fingerprint density at radius 1 is 1.08 bits per heavy atom. The Bertz CT molecular complexity index is 1370. The Labute approximate surface area is 212 Å². The number of rotatable bonds is 9. The Hall–Kier alpha value is -4.18. The lowest BCUT2D eigenvalue weighted by Gasteiger charge is -2.15. The minimum Gasteiger partial charge on any atom is -0.486 e. The van der Waals surface area contributed by atoms with E-state index in [4.69, 9.17) is 4.74 Å². The van der Waals surface area contributed by atoms with Crippen molar-refractivity contribution >= 4 is 29.0 Å². The van der Waals surface area contributed by atoms with Crippen LogP contribution in [0.2, 0.25) is 0 Å². The van der Waals surface area contributed by atoms with E-state index < -0.39 is 10.2 Å². The van der Waals surface area contributed by atoms with Crippen molar-refractivity contribution in [3.63, 3.8) is 0 Å². The van der Waals surface area contributed by atoms with Crippen molar-refractivity contribution in [1.29, 1.82) is 0 Å². The Morgan fingerprint density at radius 2 is 1.81 bits per heavy atom. The third-order valence-corrected chi connectivity index (χ3v) is 6.49. The van der Waals surface area contributed by atoms with Gasteiger partial charge in [0.05, 0.1) is 15.9 Å². The van der Waals surface area contributed by atoms with E-state index in [1.54, 1.807) is 19.9 Å². The molecule has 1 amide bonds. The lowest BCUT2D eigenvalue weighted by Crippen LogP contribution is -2.23. The quantitative estimate of drug-likeness (QED) is 0.183. The molecule has 10 heteroatoms. The molecule has 1 atom stereocenters. The van der Waals surface area contributed by atoms with Gasteiger partial charge in [-0.25, -0.2) is 0 Å². The molecule has 3 aromatic carbocycles. The van der Waals surface area contributed by atoms with Gasteiger partial charge in [0.25, 0.3) is 5.69 Å². The normalized spacial score (nSPS) is 11.6. The van der Waals surface area contributed by atoms with Gasteiger partial charge in [0.15, 0.2) is 11.0 Å². The summed E-state index contributed by atoms with van der Waals surface area (Å²) >= 11 is 1.24. The van der Waals surface area contributed by atoms with Crippen LogP contribution in [0.15, 0.2) is 78.0 Å². The maximum Gasteiger partial charge on any atom is 0.271 e. The van der Waals surface area contributed by atoms with Gasteiger partial charge in [0.1, 0.15) is 12.4 Å². The molecule has 1 aromatic heterocycles. The topological polar surface area (TPSA) is 112 Å². The number of thioether (sulfide) groups is 1. The van der Waals surface area contributed by atoms with Crippen molar-refractivity contribution in [2.24, 2.45) is 0 Å². The summed E-state index contributed by atoms with van der Waals surface area (Å²) in [5.74, 6) is 1.01. The van der Waals surface area contributed by atoms with Gasteiger partial charge in [-0.15, -0.1) is 10.2 Å². The highest BCUT2D eigenvalue weighted by Gasteiger charge is 2.22. The zero-order chi connectivity index (χ0) is 25.7. The van der Waals surface area contributed by atoms with E-state index in [-0.39, 0.29) is 18.2 Å². The number of ether oxygens (including phenoxy) is 1. The predicted octanol–water partition coefficient (Wildman–Crippen LogP) is 5.49. The molecule has 1 heterocycles. The van der Waals surface area contributed by atoms with Crippen LogP contribution in [-0.4, -0.2) is 30.8 Å². The second-order valence-corrected chi connectivity index (χ2v) is 9.49. The van der Waals surface area contributed by atoms with Gasteiger partial charge in [0, 0.05) is 17.8 Å². The molecule has 0 spiro atoms. The SMILES string of the molecule is Cc1ccc(OCc2nnc(SC(C)C(=O)Nc3cc([N+](=O)[O-])ccc3C)n2-c2ccccc2)cc1. The molecule has 0 saturated heterocycles. The van der Waals surface area contributed by atoms with E-state index >= 15 is 0 Å². The van der Waals surface area contributed by atoms with E-state index in [1.807, 2.05) is 66.1 Å². The number of anilines is 1. The lowest BCUT2D eigenvalue weighted by molar-refractivity contribution is -0.384. The first-order valence-electron chi connectivity index (χ1n) is 11.2. The molecule has 4 rings (SSSR count). The summed E-state index contributed by atoms with van der Waals surface area (Å²) in [7, 11) is 0. The molecule has 184 valence electrons. The highest BCUT2D eigenvalue weighted by atomic mass is 32.2. The lowest BCUT2D eigenvalue weighted by atomic mass is 10.2. The molecule has 0 saturated carbocycles. The summed E-state index contributed by atoms with van der Waals surface area (Å²) in [5.41, 5.74) is 3.03. The summed E-state index contributed by atoms with van der Waals surface area (Å²) in [5, 5.41) is 22.5. The Balaban J connectivity index is 1.54. The van der Waals surface area contributed by atoms with Crippen molar-refractivity contribution in [3.05, 3.63) is 99.9 Å². The van der Waals surface area contributed by atoms with Crippen molar-refractivity contribution in [2.75, 3.05) is 5.32 Å². The number of amides is 1. The number of nitro groups is 1. The molecule has 0 aliphatic rings. The predicted molar refractivity (Wildman–Crippen MR) is 139 cm³/mol. The van der Waals surface area contributed by atoms with Crippen molar-refractivity contribution in [2.45, 2.75) is 37.8 Å². The number of non-ortho nitro benzene ring substituents is 1. The molecule has 0 fully saturated rings. The summed E-state index contributed by atoms with van der Waals surface area (Å²) in [6.07, 6.45) is 0. The molecule has 0 aliphatic heterocycles. The van der Waals surface area contributed by atoms with Gasteiger partial charge >= 0.3 is 0 Å². The largest absolute Gasteiger partial charge is 0.486 e. The van der Waals surface area contributed by atoms with Gasteiger partial charge in [-0.2, -0.15) is 0 Å². The van der Waals surface area contributed by atoms with Gasteiger partial charge in [-0.3, -0.25) is 19.5 Å².